The second-order valence-corrected chi connectivity index (χ2v) is 4.93. The van der Waals surface area contributed by atoms with E-state index in [1.165, 1.54) is 0 Å². The van der Waals surface area contributed by atoms with Crippen molar-refractivity contribution >= 4 is 22.3 Å². The van der Waals surface area contributed by atoms with E-state index in [0.717, 1.165) is 0 Å². The van der Waals surface area contributed by atoms with Crippen LogP contribution in [0.4, 0.5) is 11.5 Å². The third-order valence-corrected chi connectivity index (χ3v) is 3.26. The molecule has 0 spiro atoms. The van der Waals surface area contributed by atoms with Gasteiger partial charge in [-0.2, -0.15) is 0 Å². The van der Waals surface area contributed by atoms with Crippen LogP contribution in [0.5, 0.6) is 0 Å². The van der Waals surface area contributed by atoms with Crippen LogP contribution in [0, 0.1) is 0 Å². The molecule has 1 aromatic heterocycles. The Morgan fingerprint density at radius 3 is 3.00 bits per heavy atom. The van der Waals surface area contributed by atoms with Crippen molar-refractivity contribution in [3.63, 3.8) is 0 Å². The zero-order valence-corrected chi connectivity index (χ0v) is 9.17. The third-order valence-electron chi connectivity index (χ3n) is 1.96. The standard InChI is InChI=1S/C9H15N3OS/c1-7(14(2)13)6-12-9-8(10)4-3-5-11-9/h3-5,7H,6,10H2,1-2H3,(H,11,12). The van der Waals surface area contributed by atoms with E-state index >= 15 is 0 Å². The molecule has 0 aliphatic heterocycles. The molecule has 78 valence electrons. The van der Waals surface area contributed by atoms with E-state index in [2.05, 4.69) is 10.3 Å². The number of hydrogen-bond donors (Lipinski definition) is 2. The predicted molar refractivity (Wildman–Crippen MR) is 60.7 cm³/mol. The van der Waals surface area contributed by atoms with Crippen LogP contribution >= 0.6 is 0 Å². The highest BCUT2D eigenvalue weighted by atomic mass is 32.2. The SMILES string of the molecule is CC(CNc1ncccc1N)S(C)=O. The number of nitrogen functional groups attached to an aromatic ring is 1. The number of aromatic nitrogens is 1. The van der Waals surface area contributed by atoms with Gasteiger partial charge in [0.05, 0.1) is 5.69 Å². The number of anilines is 2. The lowest BCUT2D eigenvalue weighted by Crippen LogP contribution is -2.21. The molecule has 0 fully saturated rings. The highest BCUT2D eigenvalue weighted by molar-refractivity contribution is 7.84. The first-order valence-electron chi connectivity index (χ1n) is 4.38. The minimum atomic E-state index is -0.822. The van der Waals surface area contributed by atoms with Gasteiger partial charge in [-0.25, -0.2) is 4.98 Å². The van der Waals surface area contributed by atoms with E-state index in [9.17, 15) is 4.21 Å². The first-order chi connectivity index (χ1) is 6.61. The van der Waals surface area contributed by atoms with Crippen molar-refractivity contribution in [1.29, 1.82) is 0 Å². The molecule has 1 heterocycles. The average Bonchev–Trinajstić information content (AvgIpc) is 2.16. The summed E-state index contributed by atoms with van der Waals surface area (Å²) in [6, 6.07) is 3.56. The molecular weight excluding hydrogens is 198 g/mol. The lowest BCUT2D eigenvalue weighted by Gasteiger charge is -2.11. The quantitative estimate of drug-likeness (QED) is 0.778. The summed E-state index contributed by atoms with van der Waals surface area (Å²) in [4.78, 5) is 4.07. The van der Waals surface area contributed by atoms with Gasteiger partial charge in [-0.05, 0) is 19.1 Å². The number of pyridine rings is 1. The molecule has 0 aliphatic carbocycles. The first kappa shape index (κ1) is 11.0. The highest BCUT2D eigenvalue weighted by Crippen LogP contribution is 2.12. The topological polar surface area (TPSA) is 68.0 Å². The summed E-state index contributed by atoms with van der Waals surface area (Å²) < 4.78 is 11.1. The molecule has 0 saturated carbocycles. The Bertz CT molecular complexity index is 330. The van der Waals surface area contributed by atoms with E-state index in [0.29, 0.717) is 18.1 Å². The number of nitrogens with two attached hydrogens (primary N) is 1. The number of rotatable bonds is 4. The largest absolute Gasteiger partial charge is 0.396 e. The Hall–Kier alpha value is -1.10. The maximum Gasteiger partial charge on any atom is 0.149 e. The Morgan fingerprint density at radius 1 is 1.71 bits per heavy atom. The average molecular weight is 213 g/mol. The van der Waals surface area contributed by atoms with Gasteiger partial charge >= 0.3 is 0 Å². The van der Waals surface area contributed by atoms with Gasteiger partial charge < -0.3 is 11.1 Å². The van der Waals surface area contributed by atoms with E-state index in [1.807, 2.05) is 6.92 Å². The predicted octanol–water partition coefficient (Wildman–Crippen LogP) is 0.843. The van der Waals surface area contributed by atoms with Crippen molar-refractivity contribution in [1.82, 2.24) is 4.98 Å². The number of hydrogen-bond acceptors (Lipinski definition) is 4. The molecule has 0 radical (unpaired) electrons. The smallest absolute Gasteiger partial charge is 0.149 e. The van der Waals surface area contributed by atoms with Crippen molar-refractivity contribution in [3.05, 3.63) is 18.3 Å². The molecule has 0 amide bonds. The minimum absolute atomic E-state index is 0.0939. The van der Waals surface area contributed by atoms with Crippen molar-refractivity contribution in [3.8, 4) is 0 Å². The number of nitrogens with zero attached hydrogens (tertiary/aromatic N) is 1. The third kappa shape index (κ3) is 2.99. The Balaban J connectivity index is 2.54. The van der Waals surface area contributed by atoms with E-state index < -0.39 is 10.8 Å². The molecule has 2 atom stereocenters. The van der Waals surface area contributed by atoms with Gasteiger partial charge in [-0.1, -0.05) is 0 Å². The maximum absolute atomic E-state index is 11.1. The van der Waals surface area contributed by atoms with Crippen LogP contribution in [0.1, 0.15) is 6.92 Å². The molecule has 1 rings (SSSR count). The van der Waals surface area contributed by atoms with Crippen LogP contribution < -0.4 is 11.1 Å². The van der Waals surface area contributed by atoms with Gasteiger partial charge in [-0.15, -0.1) is 0 Å². The van der Waals surface area contributed by atoms with E-state index in [4.69, 9.17) is 5.73 Å². The molecule has 5 heteroatoms. The Kier molecular flexibility index (Phi) is 3.88. The van der Waals surface area contributed by atoms with Crippen molar-refractivity contribution < 1.29 is 4.21 Å². The first-order valence-corrected chi connectivity index (χ1v) is 6.00. The van der Waals surface area contributed by atoms with E-state index in [1.54, 1.807) is 24.6 Å². The zero-order valence-electron chi connectivity index (χ0n) is 8.36. The molecular formula is C9H15N3OS. The van der Waals surface area contributed by atoms with Crippen LogP contribution in [-0.4, -0.2) is 27.2 Å². The zero-order chi connectivity index (χ0) is 10.6. The van der Waals surface area contributed by atoms with Crippen LogP contribution in [0.25, 0.3) is 0 Å². The molecule has 0 bridgehead atoms. The Labute approximate surface area is 86.4 Å². The second-order valence-electron chi connectivity index (χ2n) is 3.13. The fourth-order valence-electron chi connectivity index (χ4n) is 0.923. The maximum atomic E-state index is 11.1. The minimum Gasteiger partial charge on any atom is -0.396 e. The Morgan fingerprint density at radius 2 is 2.43 bits per heavy atom. The molecule has 1 aromatic rings. The fourth-order valence-corrected chi connectivity index (χ4v) is 1.24. The molecule has 0 aliphatic rings. The normalized spacial score (nSPS) is 14.7. The molecule has 4 nitrogen and oxygen atoms in total. The van der Waals surface area contributed by atoms with Gasteiger partial charge in [0.15, 0.2) is 0 Å². The van der Waals surface area contributed by atoms with Crippen LogP contribution in [0.15, 0.2) is 18.3 Å². The van der Waals surface area contributed by atoms with Gasteiger partial charge in [0.25, 0.3) is 0 Å². The van der Waals surface area contributed by atoms with Gasteiger partial charge in [0, 0.05) is 35.0 Å². The van der Waals surface area contributed by atoms with Crippen LogP contribution in [-0.2, 0) is 10.8 Å². The summed E-state index contributed by atoms with van der Waals surface area (Å²) in [6.07, 6.45) is 3.36. The highest BCUT2D eigenvalue weighted by Gasteiger charge is 2.06. The lowest BCUT2D eigenvalue weighted by molar-refractivity contribution is 0.679. The summed E-state index contributed by atoms with van der Waals surface area (Å²) in [5.74, 6) is 0.657. The van der Waals surface area contributed by atoms with Gasteiger partial charge in [0.2, 0.25) is 0 Å². The molecule has 0 aromatic carbocycles. The van der Waals surface area contributed by atoms with Crippen molar-refractivity contribution in [2.24, 2.45) is 0 Å². The van der Waals surface area contributed by atoms with Crippen LogP contribution in [0.2, 0.25) is 0 Å². The summed E-state index contributed by atoms with van der Waals surface area (Å²) >= 11 is 0. The summed E-state index contributed by atoms with van der Waals surface area (Å²) in [7, 11) is -0.822. The molecule has 14 heavy (non-hydrogen) atoms. The van der Waals surface area contributed by atoms with Crippen molar-refractivity contribution in [2.75, 3.05) is 23.9 Å². The lowest BCUT2D eigenvalue weighted by atomic mass is 10.4. The summed E-state index contributed by atoms with van der Waals surface area (Å²) in [5, 5.41) is 3.16. The molecule has 3 N–H and O–H groups in total. The van der Waals surface area contributed by atoms with Gasteiger partial charge in [0.1, 0.15) is 5.82 Å². The van der Waals surface area contributed by atoms with E-state index in [-0.39, 0.29) is 5.25 Å². The van der Waals surface area contributed by atoms with Crippen LogP contribution in [0.3, 0.4) is 0 Å². The molecule has 0 saturated heterocycles. The monoisotopic (exact) mass is 213 g/mol. The number of nitrogens with one attached hydrogen (secondary N) is 1. The summed E-state index contributed by atoms with van der Waals surface area (Å²) in [5.41, 5.74) is 6.29. The fraction of sp³-hybridized carbons (Fsp3) is 0.444. The summed E-state index contributed by atoms with van der Waals surface area (Å²) in [6.45, 7) is 2.53. The van der Waals surface area contributed by atoms with Gasteiger partial charge in [-0.3, -0.25) is 4.21 Å². The molecule has 2 unspecified atom stereocenters. The second kappa shape index (κ2) is 4.95. The van der Waals surface area contributed by atoms with Crippen molar-refractivity contribution in [2.45, 2.75) is 12.2 Å².